The van der Waals surface area contributed by atoms with Crippen LogP contribution in [0, 0.1) is 5.92 Å². The van der Waals surface area contributed by atoms with E-state index in [0.717, 1.165) is 5.56 Å². The number of hydrogen-bond donors (Lipinski definition) is 0. The van der Waals surface area contributed by atoms with Gasteiger partial charge in [0.2, 0.25) is 10.0 Å². The molecule has 138 valence electrons. The summed E-state index contributed by atoms with van der Waals surface area (Å²) in [5.41, 5.74) is 0.934. The molecule has 1 fully saturated rings. The van der Waals surface area contributed by atoms with Crippen molar-refractivity contribution < 1.29 is 17.9 Å². The first-order valence-electron chi connectivity index (χ1n) is 8.43. The van der Waals surface area contributed by atoms with Crippen LogP contribution in [0.15, 0.2) is 59.5 Å². The molecule has 5 nitrogen and oxygen atoms in total. The highest BCUT2D eigenvalue weighted by molar-refractivity contribution is 7.89. The molecule has 0 amide bonds. The van der Waals surface area contributed by atoms with Crippen molar-refractivity contribution in [2.45, 2.75) is 24.3 Å². The number of esters is 1. The number of piperidine rings is 1. The van der Waals surface area contributed by atoms with Crippen molar-refractivity contribution in [3.8, 4) is 0 Å². The molecule has 1 saturated heterocycles. The molecule has 0 N–H and O–H groups in total. The number of hydrogen-bond acceptors (Lipinski definition) is 4. The maximum atomic E-state index is 12.7. The zero-order valence-electron chi connectivity index (χ0n) is 14.2. The summed E-state index contributed by atoms with van der Waals surface area (Å²) in [5, 5.41) is 0.490. The molecular weight excluding hydrogens is 374 g/mol. The van der Waals surface area contributed by atoms with Gasteiger partial charge in [-0.2, -0.15) is 4.31 Å². The predicted octanol–water partition coefficient (Wildman–Crippen LogP) is 3.48. The number of nitrogens with zero attached hydrogens (tertiary/aromatic N) is 1. The van der Waals surface area contributed by atoms with Crippen molar-refractivity contribution in [2.24, 2.45) is 5.92 Å². The van der Waals surface area contributed by atoms with Crippen LogP contribution in [0.4, 0.5) is 0 Å². The molecule has 3 rings (SSSR count). The smallest absolute Gasteiger partial charge is 0.309 e. The van der Waals surface area contributed by atoms with Gasteiger partial charge in [-0.15, -0.1) is 0 Å². The summed E-state index contributed by atoms with van der Waals surface area (Å²) in [6.45, 7) is 0.842. The van der Waals surface area contributed by atoms with E-state index in [1.807, 2.05) is 30.3 Å². The van der Waals surface area contributed by atoms with E-state index < -0.39 is 10.0 Å². The fourth-order valence-electron chi connectivity index (χ4n) is 2.93. The molecule has 2 aromatic rings. The lowest BCUT2D eigenvalue weighted by Gasteiger charge is -2.30. The number of sulfonamides is 1. The third-order valence-electron chi connectivity index (χ3n) is 4.46. The Morgan fingerprint density at radius 3 is 2.27 bits per heavy atom. The fraction of sp³-hybridized carbons (Fsp3) is 0.316. The minimum atomic E-state index is -3.56. The van der Waals surface area contributed by atoms with Gasteiger partial charge < -0.3 is 4.74 Å². The molecule has 0 aromatic heterocycles. The third-order valence-corrected chi connectivity index (χ3v) is 6.63. The second-order valence-corrected chi connectivity index (χ2v) is 8.60. The molecule has 0 radical (unpaired) electrons. The average molecular weight is 394 g/mol. The number of halogens is 1. The molecule has 0 unspecified atom stereocenters. The Morgan fingerprint density at radius 1 is 1.04 bits per heavy atom. The summed E-state index contributed by atoms with van der Waals surface area (Å²) in [7, 11) is -3.56. The number of benzene rings is 2. The minimum absolute atomic E-state index is 0.215. The molecule has 1 heterocycles. The third kappa shape index (κ3) is 4.44. The summed E-state index contributed by atoms with van der Waals surface area (Å²) >= 11 is 5.82. The lowest BCUT2D eigenvalue weighted by atomic mass is 9.98. The highest BCUT2D eigenvalue weighted by Gasteiger charge is 2.32. The molecule has 1 aliphatic heterocycles. The van der Waals surface area contributed by atoms with E-state index in [-0.39, 0.29) is 23.4 Å². The van der Waals surface area contributed by atoms with E-state index in [1.54, 1.807) is 12.1 Å². The topological polar surface area (TPSA) is 63.7 Å². The van der Waals surface area contributed by atoms with Gasteiger partial charge in [0.05, 0.1) is 10.8 Å². The largest absolute Gasteiger partial charge is 0.461 e. The zero-order valence-corrected chi connectivity index (χ0v) is 15.7. The second kappa shape index (κ2) is 8.20. The Morgan fingerprint density at radius 2 is 1.65 bits per heavy atom. The number of carbonyl (C=O) groups is 1. The van der Waals surface area contributed by atoms with Crippen LogP contribution in [-0.2, 0) is 26.2 Å². The van der Waals surface area contributed by atoms with Crippen LogP contribution in [-0.4, -0.2) is 31.8 Å². The lowest BCUT2D eigenvalue weighted by molar-refractivity contribution is -0.151. The molecule has 0 spiro atoms. The van der Waals surface area contributed by atoms with Gasteiger partial charge in [0.25, 0.3) is 0 Å². The summed E-state index contributed by atoms with van der Waals surface area (Å²) in [5.74, 6) is -0.534. The van der Waals surface area contributed by atoms with Crippen molar-refractivity contribution in [1.82, 2.24) is 4.31 Å². The maximum absolute atomic E-state index is 12.7. The Bertz CT molecular complexity index is 845. The SMILES string of the molecule is O=C(OCc1ccccc1)C1CCN(S(=O)(=O)c2ccc(Cl)cc2)CC1. The van der Waals surface area contributed by atoms with E-state index in [4.69, 9.17) is 16.3 Å². The quantitative estimate of drug-likeness (QED) is 0.729. The first-order chi connectivity index (χ1) is 12.5. The van der Waals surface area contributed by atoms with Crippen LogP contribution in [0.25, 0.3) is 0 Å². The Labute approximate surface area is 158 Å². The molecule has 7 heteroatoms. The van der Waals surface area contributed by atoms with Gasteiger partial charge in [0.15, 0.2) is 0 Å². The Hall–Kier alpha value is -1.89. The van der Waals surface area contributed by atoms with Crippen LogP contribution in [0.2, 0.25) is 5.02 Å². The average Bonchev–Trinajstić information content (AvgIpc) is 2.67. The Kier molecular flexibility index (Phi) is 5.96. The standard InChI is InChI=1S/C19H20ClNO4S/c20-17-6-8-18(9-7-17)26(23,24)21-12-10-16(11-13-21)19(22)25-14-15-4-2-1-3-5-15/h1-9,16H,10-14H2. The van der Waals surface area contributed by atoms with Crippen LogP contribution >= 0.6 is 11.6 Å². The predicted molar refractivity (Wildman–Crippen MR) is 99.2 cm³/mol. The van der Waals surface area contributed by atoms with E-state index in [0.29, 0.717) is 31.0 Å². The zero-order chi connectivity index (χ0) is 18.6. The molecule has 26 heavy (non-hydrogen) atoms. The number of rotatable bonds is 5. The summed E-state index contributed by atoms with van der Waals surface area (Å²) < 4.78 is 32.1. The van der Waals surface area contributed by atoms with Gasteiger partial charge in [-0.3, -0.25) is 4.79 Å². The highest BCUT2D eigenvalue weighted by atomic mass is 35.5. The van der Waals surface area contributed by atoms with Crippen LogP contribution < -0.4 is 0 Å². The highest BCUT2D eigenvalue weighted by Crippen LogP contribution is 2.25. The molecule has 1 aliphatic rings. The number of carbonyl (C=O) groups excluding carboxylic acids is 1. The van der Waals surface area contributed by atoms with Crippen molar-refractivity contribution in [3.05, 3.63) is 65.2 Å². The van der Waals surface area contributed by atoms with E-state index >= 15 is 0 Å². The first kappa shape index (κ1) is 18.9. The van der Waals surface area contributed by atoms with Crippen LogP contribution in [0.3, 0.4) is 0 Å². The molecular formula is C19H20ClNO4S. The summed E-state index contributed by atoms with van der Waals surface area (Å²) in [4.78, 5) is 12.4. The van der Waals surface area contributed by atoms with Gasteiger partial charge >= 0.3 is 5.97 Å². The normalized spacial score (nSPS) is 16.3. The fourth-order valence-corrected chi connectivity index (χ4v) is 4.53. The second-order valence-electron chi connectivity index (χ2n) is 6.23. The van der Waals surface area contributed by atoms with Crippen LogP contribution in [0.5, 0.6) is 0 Å². The van der Waals surface area contributed by atoms with Crippen molar-refractivity contribution in [3.63, 3.8) is 0 Å². The van der Waals surface area contributed by atoms with E-state index in [9.17, 15) is 13.2 Å². The first-order valence-corrected chi connectivity index (χ1v) is 10.2. The summed E-state index contributed by atoms with van der Waals surface area (Å²) in [6, 6.07) is 15.6. The van der Waals surface area contributed by atoms with Crippen LogP contribution in [0.1, 0.15) is 18.4 Å². The van der Waals surface area contributed by atoms with E-state index in [1.165, 1.54) is 16.4 Å². The van der Waals surface area contributed by atoms with Crippen molar-refractivity contribution in [1.29, 1.82) is 0 Å². The van der Waals surface area contributed by atoms with Crippen molar-refractivity contribution in [2.75, 3.05) is 13.1 Å². The van der Waals surface area contributed by atoms with E-state index in [2.05, 4.69) is 0 Å². The van der Waals surface area contributed by atoms with Crippen molar-refractivity contribution >= 4 is 27.6 Å². The molecule has 0 aliphatic carbocycles. The summed E-state index contributed by atoms with van der Waals surface area (Å²) in [6.07, 6.45) is 0.918. The molecule has 0 saturated carbocycles. The van der Waals surface area contributed by atoms with Gasteiger partial charge in [-0.05, 0) is 42.7 Å². The monoisotopic (exact) mass is 393 g/mol. The Balaban J connectivity index is 1.55. The molecule has 2 aromatic carbocycles. The lowest BCUT2D eigenvalue weighted by Crippen LogP contribution is -2.40. The van der Waals surface area contributed by atoms with Gasteiger partial charge in [-0.1, -0.05) is 41.9 Å². The molecule has 0 bridgehead atoms. The maximum Gasteiger partial charge on any atom is 0.309 e. The van der Waals surface area contributed by atoms with Gasteiger partial charge in [0, 0.05) is 18.1 Å². The van der Waals surface area contributed by atoms with Gasteiger partial charge in [-0.25, -0.2) is 8.42 Å². The minimum Gasteiger partial charge on any atom is -0.461 e. The van der Waals surface area contributed by atoms with Gasteiger partial charge in [0.1, 0.15) is 6.61 Å². The number of ether oxygens (including phenoxy) is 1. The molecule has 0 atom stereocenters.